The topological polar surface area (TPSA) is 32.3 Å². The lowest BCUT2D eigenvalue weighted by atomic mass is 10.0. The minimum atomic E-state index is -0.348. The zero-order valence-corrected chi connectivity index (χ0v) is 11.3. The summed E-state index contributed by atoms with van der Waals surface area (Å²) in [5, 5.41) is 13.5. The highest BCUT2D eigenvalue weighted by Gasteiger charge is 2.14. The summed E-state index contributed by atoms with van der Waals surface area (Å²) < 4.78 is 13.2. The quantitative estimate of drug-likeness (QED) is 0.846. The molecule has 4 heteroatoms. The summed E-state index contributed by atoms with van der Waals surface area (Å²) >= 11 is 6.03. The molecule has 1 unspecified atom stereocenters. The van der Waals surface area contributed by atoms with Gasteiger partial charge in [-0.05, 0) is 30.7 Å². The fourth-order valence-corrected chi connectivity index (χ4v) is 2.15. The maximum atomic E-state index is 13.2. The number of hydrogen-bond acceptors (Lipinski definition) is 2. The van der Waals surface area contributed by atoms with Crippen LogP contribution < -0.4 is 5.32 Å². The van der Waals surface area contributed by atoms with E-state index in [0.717, 1.165) is 12.0 Å². The first kappa shape index (κ1) is 13.7. The maximum absolute atomic E-state index is 13.2. The van der Waals surface area contributed by atoms with Crippen LogP contribution in [0.5, 0.6) is 5.75 Å². The highest BCUT2D eigenvalue weighted by atomic mass is 35.5. The van der Waals surface area contributed by atoms with Crippen LogP contribution in [0, 0.1) is 5.82 Å². The molecule has 0 bridgehead atoms. The van der Waals surface area contributed by atoms with Crippen LogP contribution in [0.1, 0.15) is 24.9 Å². The number of para-hydroxylation sites is 1. The lowest BCUT2D eigenvalue weighted by Gasteiger charge is -2.20. The van der Waals surface area contributed by atoms with E-state index >= 15 is 0 Å². The van der Waals surface area contributed by atoms with Gasteiger partial charge in [-0.25, -0.2) is 4.39 Å². The zero-order valence-electron chi connectivity index (χ0n) is 10.5. The second-order valence-corrected chi connectivity index (χ2v) is 4.70. The number of phenolic OH excluding ortho intramolecular Hbond substituents is 1. The number of benzene rings is 2. The van der Waals surface area contributed by atoms with Gasteiger partial charge in [-0.15, -0.1) is 0 Å². The van der Waals surface area contributed by atoms with Crippen LogP contribution >= 0.6 is 11.6 Å². The van der Waals surface area contributed by atoms with Gasteiger partial charge in [0.2, 0.25) is 0 Å². The van der Waals surface area contributed by atoms with Gasteiger partial charge in [0.05, 0.1) is 16.8 Å². The second kappa shape index (κ2) is 5.93. The molecular formula is C15H15ClFNO. The second-order valence-electron chi connectivity index (χ2n) is 4.29. The van der Waals surface area contributed by atoms with E-state index in [1.54, 1.807) is 12.1 Å². The Morgan fingerprint density at radius 2 is 2.00 bits per heavy atom. The molecule has 0 heterocycles. The summed E-state index contributed by atoms with van der Waals surface area (Å²) in [5.41, 5.74) is 1.29. The molecule has 0 radical (unpaired) electrons. The van der Waals surface area contributed by atoms with E-state index in [4.69, 9.17) is 11.6 Å². The fraction of sp³-hybridized carbons (Fsp3) is 0.200. The highest BCUT2D eigenvalue weighted by Crippen LogP contribution is 2.32. The van der Waals surface area contributed by atoms with Crippen molar-refractivity contribution in [1.82, 2.24) is 0 Å². The molecule has 1 atom stereocenters. The van der Waals surface area contributed by atoms with Gasteiger partial charge < -0.3 is 10.4 Å². The number of rotatable bonds is 4. The molecule has 19 heavy (non-hydrogen) atoms. The molecule has 2 aromatic carbocycles. The molecule has 0 saturated carbocycles. The third-order valence-corrected chi connectivity index (χ3v) is 3.31. The van der Waals surface area contributed by atoms with Crippen molar-refractivity contribution >= 4 is 17.3 Å². The van der Waals surface area contributed by atoms with Crippen molar-refractivity contribution in [2.24, 2.45) is 0 Å². The normalized spacial score (nSPS) is 12.2. The molecule has 0 saturated heterocycles. The molecule has 0 aliphatic rings. The lowest BCUT2D eigenvalue weighted by Crippen LogP contribution is -2.10. The molecule has 2 nitrogen and oxygen atoms in total. The third-order valence-electron chi connectivity index (χ3n) is 2.98. The zero-order chi connectivity index (χ0) is 13.8. The highest BCUT2D eigenvalue weighted by molar-refractivity contribution is 6.33. The van der Waals surface area contributed by atoms with E-state index < -0.39 is 0 Å². The predicted molar refractivity (Wildman–Crippen MR) is 76.2 cm³/mol. The summed E-state index contributed by atoms with van der Waals surface area (Å²) in [4.78, 5) is 0. The van der Waals surface area contributed by atoms with Crippen LogP contribution in [0.3, 0.4) is 0 Å². The smallest absolute Gasteiger partial charge is 0.125 e. The van der Waals surface area contributed by atoms with E-state index in [0.29, 0.717) is 10.7 Å². The van der Waals surface area contributed by atoms with E-state index in [-0.39, 0.29) is 17.6 Å². The van der Waals surface area contributed by atoms with Crippen molar-refractivity contribution in [3.8, 4) is 5.75 Å². The molecule has 0 amide bonds. The molecule has 0 aromatic heterocycles. The molecule has 2 N–H and O–H groups in total. The van der Waals surface area contributed by atoms with Crippen molar-refractivity contribution in [1.29, 1.82) is 0 Å². The minimum absolute atomic E-state index is 0.125. The van der Waals surface area contributed by atoms with Crippen LogP contribution in [-0.4, -0.2) is 5.11 Å². The maximum Gasteiger partial charge on any atom is 0.125 e. The fourth-order valence-electron chi connectivity index (χ4n) is 1.98. The summed E-state index contributed by atoms with van der Waals surface area (Å²) in [5.74, 6) is -0.131. The first-order chi connectivity index (χ1) is 9.11. The Morgan fingerprint density at radius 3 is 2.68 bits per heavy atom. The average molecular weight is 280 g/mol. The number of nitrogens with one attached hydrogen (secondary N) is 1. The number of anilines is 1. The van der Waals surface area contributed by atoms with Crippen molar-refractivity contribution in [3.05, 3.63) is 58.9 Å². The van der Waals surface area contributed by atoms with Gasteiger partial charge in [-0.1, -0.05) is 36.7 Å². The van der Waals surface area contributed by atoms with Crippen molar-refractivity contribution < 1.29 is 9.50 Å². The minimum Gasteiger partial charge on any atom is -0.508 e. The summed E-state index contributed by atoms with van der Waals surface area (Å²) in [6, 6.07) is 11.1. The standard InChI is InChI=1S/C15H15ClFNO/c1-2-13(11-5-3-4-6-15(11)19)18-14-9-10(17)7-8-12(14)16/h3-9,13,18-19H,2H2,1H3. The Balaban J connectivity index is 2.29. The van der Waals surface area contributed by atoms with Crippen LogP contribution in [0.2, 0.25) is 5.02 Å². The van der Waals surface area contributed by atoms with E-state index in [2.05, 4.69) is 5.32 Å². The SMILES string of the molecule is CCC(Nc1cc(F)ccc1Cl)c1ccccc1O. The van der Waals surface area contributed by atoms with Crippen molar-refractivity contribution in [2.45, 2.75) is 19.4 Å². The largest absolute Gasteiger partial charge is 0.508 e. The summed E-state index contributed by atoms with van der Waals surface area (Å²) in [6.07, 6.45) is 0.740. The Kier molecular flexibility index (Phi) is 4.27. The molecule has 100 valence electrons. The first-order valence-corrected chi connectivity index (χ1v) is 6.49. The van der Waals surface area contributed by atoms with Crippen molar-refractivity contribution in [3.63, 3.8) is 0 Å². The van der Waals surface area contributed by atoms with E-state index in [1.165, 1.54) is 18.2 Å². The number of hydrogen-bond donors (Lipinski definition) is 2. The van der Waals surface area contributed by atoms with Crippen LogP contribution in [-0.2, 0) is 0 Å². The van der Waals surface area contributed by atoms with Crippen molar-refractivity contribution in [2.75, 3.05) is 5.32 Å². The Morgan fingerprint density at radius 1 is 1.26 bits per heavy atom. The lowest BCUT2D eigenvalue weighted by molar-refractivity contribution is 0.463. The van der Waals surface area contributed by atoms with Crippen LogP contribution in [0.25, 0.3) is 0 Å². The van der Waals surface area contributed by atoms with Gasteiger partial charge in [-0.3, -0.25) is 0 Å². The molecule has 0 spiro atoms. The third kappa shape index (κ3) is 3.18. The number of aromatic hydroxyl groups is 1. The summed E-state index contributed by atoms with van der Waals surface area (Å²) in [6.45, 7) is 1.98. The van der Waals surface area contributed by atoms with Gasteiger partial charge in [0.1, 0.15) is 11.6 Å². The molecular weight excluding hydrogens is 265 g/mol. The van der Waals surface area contributed by atoms with Gasteiger partial charge >= 0.3 is 0 Å². The Labute approximate surface area is 116 Å². The van der Waals surface area contributed by atoms with E-state index in [9.17, 15) is 9.50 Å². The van der Waals surface area contributed by atoms with E-state index in [1.807, 2.05) is 19.1 Å². The molecule has 0 aliphatic carbocycles. The number of halogens is 2. The van der Waals surface area contributed by atoms with Gasteiger partial charge in [-0.2, -0.15) is 0 Å². The molecule has 0 fully saturated rings. The van der Waals surface area contributed by atoms with Crippen LogP contribution in [0.4, 0.5) is 10.1 Å². The summed E-state index contributed by atoms with van der Waals surface area (Å²) in [7, 11) is 0. The predicted octanol–water partition coefficient (Wildman–Crippen LogP) is 4.75. The number of phenols is 1. The van der Waals surface area contributed by atoms with Gasteiger partial charge in [0.25, 0.3) is 0 Å². The first-order valence-electron chi connectivity index (χ1n) is 6.11. The molecule has 0 aliphatic heterocycles. The van der Waals surface area contributed by atoms with Crippen LogP contribution in [0.15, 0.2) is 42.5 Å². The Hall–Kier alpha value is -1.74. The molecule has 2 rings (SSSR count). The molecule has 2 aromatic rings. The Bertz CT molecular complexity index is 574. The van der Waals surface area contributed by atoms with Gasteiger partial charge in [0, 0.05) is 5.56 Å². The average Bonchev–Trinajstić information content (AvgIpc) is 2.41. The monoisotopic (exact) mass is 279 g/mol. The van der Waals surface area contributed by atoms with Gasteiger partial charge in [0.15, 0.2) is 0 Å².